The van der Waals surface area contributed by atoms with E-state index in [0.717, 1.165) is 18.5 Å². The summed E-state index contributed by atoms with van der Waals surface area (Å²) >= 11 is 0. The lowest BCUT2D eigenvalue weighted by molar-refractivity contribution is 0.485. The van der Waals surface area contributed by atoms with E-state index in [2.05, 4.69) is 28.9 Å². The smallest absolute Gasteiger partial charge is 0.242 e. The molecule has 19 heavy (non-hydrogen) atoms. The normalized spacial score (nSPS) is 13.9. The number of hydrogen-bond donors (Lipinski definition) is 3. The Kier molecular flexibility index (Phi) is 6.03. The molecule has 1 rings (SSSR count). The van der Waals surface area contributed by atoms with Gasteiger partial charge in [-0.15, -0.1) is 0 Å². The molecule has 0 fully saturated rings. The molecular formula is C13H25N3O2S. The molecule has 0 saturated heterocycles. The van der Waals surface area contributed by atoms with Gasteiger partial charge in [-0.3, -0.25) is 0 Å². The molecule has 0 bridgehead atoms. The van der Waals surface area contributed by atoms with Gasteiger partial charge in [0, 0.05) is 24.5 Å². The van der Waals surface area contributed by atoms with E-state index in [1.54, 1.807) is 6.07 Å². The van der Waals surface area contributed by atoms with Crippen LogP contribution in [0.5, 0.6) is 0 Å². The molecule has 0 spiro atoms. The summed E-state index contributed by atoms with van der Waals surface area (Å²) in [5, 5.41) is 2.98. The Morgan fingerprint density at radius 3 is 2.53 bits per heavy atom. The third-order valence-corrected chi connectivity index (χ3v) is 4.50. The summed E-state index contributed by atoms with van der Waals surface area (Å²) in [6, 6.07) is 1.61. The van der Waals surface area contributed by atoms with Crippen LogP contribution in [0.25, 0.3) is 0 Å². The zero-order chi connectivity index (χ0) is 14.5. The van der Waals surface area contributed by atoms with Crippen LogP contribution in [0.2, 0.25) is 0 Å². The van der Waals surface area contributed by atoms with Crippen LogP contribution in [0, 0.1) is 5.92 Å². The predicted octanol–water partition coefficient (Wildman–Crippen LogP) is 1.84. The molecule has 5 nitrogen and oxygen atoms in total. The van der Waals surface area contributed by atoms with Crippen molar-refractivity contribution < 1.29 is 8.42 Å². The average Bonchev–Trinajstić information content (AvgIpc) is 2.76. The SMILES string of the molecule is CNCc1cc(S(=O)(=O)NC(C)CCC(C)C)c[nH]1. The number of nitrogens with one attached hydrogen (secondary N) is 3. The quantitative estimate of drug-likeness (QED) is 0.683. The first-order chi connectivity index (χ1) is 8.85. The van der Waals surface area contributed by atoms with E-state index in [4.69, 9.17) is 0 Å². The highest BCUT2D eigenvalue weighted by atomic mass is 32.2. The molecular weight excluding hydrogens is 262 g/mol. The average molecular weight is 287 g/mol. The van der Waals surface area contributed by atoms with E-state index in [1.165, 1.54) is 6.20 Å². The van der Waals surface area contributed by atoms with Crippen molar-refractivity contribution in [2.24, 2.45) is 5.92 Å². The first kappa shape index (κ1) is 16.2. The second kappa shape index (κ2) is 7.07. The fourth-order valence-electron chi connectivity index (χ4n) is 1.84. The number of sulfonamides is 1. The fourth-order valence-corrected chi connectivity index (χ4v) is 3.14. The van der Waals surface area contributed by atoms with E-state index in [0.29, 0.717) is 17.4 Å². The van der Waals surface area contributed by atoms with Gasteiger partial charge in [-0.2, -0.15) is 0 Å². The lowest BCUT2D eigenvalue weighted by Gasteiger charge is -2.14. The Labute approximate surface area is 116 Å². The molecule has 1 unspecified atom stereocenters. The Hall–Kier alpha value is -0.850. The Balaban J connectivity index is 2.64. The lowest BCUT2D eigenvalue weighted by Crippen LogP contribution is -2.32. The first-order valence-corrected chi connectivity index (χ1v) is 8.17. The monoisotopic (exact) mass is 287 g/mol. The van der Waals surface area contributed by atoms with Gasteiger partial charge in [-0.1, -0.05) is 13.8 Å². The topological polar surface area (TPSA) is 74.0 Å². The van der Waals surface area contributed by atoms with Crippen LogP contribution in [0.3, 0.4) is 0 Å². The van der Waals surface area contributed by atoms with E-state index >= 15 is 0 Å². The van der Waals surface area contributed by atoms with Crippen LogP contribution in [0.15, 0.2) is 17.2 Å². The highest BCUT2D eigenvalue weighted by molar-refractivity contribution is 7.89. The van der Waals surface area contributed by atoms with Crippen molar-refractivity contribution in [2.75, 3.05) is 7.05 Å². The van der Waals surface area contributed by atoms with Gasteiger partial charge in [0.25, 0.3) is 0 Å². The minimum absolute atomic E-state index is 0.0462. The predicted molar refractivity (Wildman–Crippen MR) is 77.4 cm³/mol. The summed E-state index contributed by atoms with van der Waals surface area (Å²) in [6.45, 7) is 6.80. The van der Waals surface area contributed by atoms with Crippen molar-refractivity contribution >= 4 is 10.0 Å². The maximum Gasteiger partial charge on any atom is 0.242 e. The molecule has 1 atom stereocenters. The van der Waals surface area contributed by atoms with Crippen LogP contribution in [0.4, 0.5) is 0 Å². The molecule has 6 heteroatoms. The van der Waals surface area contributed by atoms with Crippen LogP contribution < -0.4 is 10.0 Å². The lowest BCUT2D eigenvalue weighted by atomic mass is 10.1. The number of aromatic nitrogens is 1. The number of hydrogen-bond acceptors (Lipinski definition) is 3. The van der Waals surface area contributed by atoms with Gasteiger partial charge in [-0.05, 0) is 38.8 Å². The van der Waals surface area contributed by atoms with Crippen molar-refractivity contribution in [3.63, 3.8) is 0 Å². The Morgan fingerprint density at radius 2 is 1.95 bits per heavy atom. The van der Waals surface area contributed by atoms with E-state index in [-0.39, 0.29) is 6.04 Å². The third kappa shape index (κ3) is 5.34. The fraction of sp³-hybridized carbons (Fsp3) is 0.692. The van der Waals surface area contributed by atoms with Gasteiger partial charge in [0.05, 0.1) is 4.90 Å². The molecule has 0 saturated carbocycles. The van der Waals surface area contributed by atoms with E-state index < -0.39 is 10.0 Å². The van der Waals surface area contributed by atoms with Gasteiger partial charge in [-0.25, -0.2) is 13.1 Å². The molecule has 1 aromatic heterocycles. The van der Waals surface area contributed by atoms with Crippen LogP contribution >= 0.6 is 0 Å². The minimum atomic E-state index is -3.41. The molecule has 0 aliphatic carbocycles. The van der Waals surface area contributed by atoms with Gasteiger partial charge < -0.3 is 10.3 Å². The molecule has 1 aromatic rings. The number of rotatable bonds is 8. The largest absolute Gasteiger partial charge is 0.363 e. The molecule has 0 amide bonds. The van der Waals surface area contributed by atoms with Gasteiger partial charge in [0.2, 0.25) is 10.0 Å². The molecule has 0 aromatic carbocycles. The summed E-state index contributed by atoms with van der Waals surface area (Å²) < 4.78 is 27.0. The Bertz CT molecular complexity index is 480. The molecule has 1 heterocycles. The summed E-state index contributed by atoms with van der Waals surface area (Å²) in [6.07, 6.45) is 3.40. The molecule has 110 valence electrons. The van der Waals surface area contributed by atoms with Gasteiger partial charge in [0.1, 0.15) is 0 Å². The van der Waals surface area contributed by atoms with Crippen LogP contribution in [-0.4, -0.2) is 26.5 Å². The summed E-state index contributed by atoms with van der Waals surface area (Å²) in [7, 11) is -1.59. The van der Waals surface area contributed by atoms with Crippen molar-refractivity contribution in [1.82, 2.24) is 15.0 Å². The van der Waals surface area contributed by atoms with Crippen molar-refractivity contribution in [3.05, 3.63) is 18.0 Å². The summed E-state index contributed by atoms with van der Waals surface area (Å²) in [5.41, 5.74) is 0.859. The van der Waals surface area contributed by atoms with Gasteiger partial charge in [0.15, 0.2) is 0 Å². The zero-order valence-corrected chi connectivity index (χ0v) is 13.0. The molecule has 0 radical (unpaired) electrons. The maximum absolute atomic E-state index is 12.2. The van der Waals surface area contributed by atoms with Crippen LogP contribution in [-0.2, 0) is 16.6 Å². The number of H-pyrrole nitrogens is 1. The van der Waals surface area contributed by atoms with Crippen molar-refractivity contribution in [1.29, 1.82) is 0 Å². The van der Waals surface area contributed by atoms with E-state index in [9.17, 15) is 8.42 Å². The van der Waals surface area contributed by atoms with Crippen molar-refractivity contribution in [2.45, 2.75) is 51.1 Å². The third-order valence-electron chi connectivity index (χ3n) is 2.93. The zero-order valence-electron chi connectivity index (χ0n) is 12.2. The number of aromatic amines is 1. The van der Waals surface area contributed by atoms with Crippen molar-refractivity contribution in [3.8, 4) is 0 Å². The summed E-state index contributed by atoms with van der Waals surface area (Å²) in [5.74, 6) is 0.585. The standard InChI is InChI=1S/C13H25N3O2S/c1-10(2)5-6-11(3)16-19(17,18)13-7-12(8-14-4)15-9-13/h7,9-11,14-16H,5-6,8H2,1-4H3. The summed E-state index contributed by atoms with van der Waals surface area (Å²) in [4.78, 5) is 3.25. The highest BCUT2D eigenvalue weighted by Crippen LogP contribution is 2.13. The van der Waals surface area contributed by atoms with Crippen LogP contribution in [0.1, 0.15) is 39.3 Å². The minimum Gasteiger partial charge on any atom is -0.363 e. The highest BCUT2D eigenvalue weighted by Gasteiger charge is 2.18. The molecule has 0 aliphatic rings. The van der Waals surface area contributed by atoms with Gasteiger partial charge >= 0.3 is 0 Å². The first-order valence-electron chi connectivity index (χ1n) is 6.69. The van der Waals surface area contributed by atoms with E-state index in [1.807, 2.05) is 14.0 Å². The second-order valence-corrected chi connectivity index (χ2v) is 7.10. The Morgan fingerprint density at radius 1 is 1.26 bits per heavy atom. The maximum atomic E-state index is 12.2. The molecule has 3 N–H and O–H groups in total. The second-order valence-electron chi connectivity index (χ2n) is 5.38. The molecule has 0 aliphatic heterocycles.